The molecule has 1 aromatic heterocycles. The van der Waals surface area contributed by atoms with Gasteiger partial charge in [-0.15, -0.1) is 0 Å². The van der Waals surface area contributed by atoms with Crippen LogP contribution in [0.5, 0.6) is 0 Å². The quantitative estimate of drug-likeness (QED) is 0.311. The van der Waals surface area contributed by atoms with E-state index < -0.39 is 0 Å². The molecule has 0 unspecified atom stereocenters. The summed E-state index contributed by atoms with van der Waals surface area (Å²) in [6, 6.07) is 15.5. The normalized spacial score (nSPS) is 19.5. The Hall–Kier alpha value is -3.79. The minimum atomic E-state index is -0.290. The number of carbonyl (C=O) groups is 2. The van der Waals surface area contributed by atoms with Crippen LogP contribution in [-0.2, 0) is 17.8 Å². The number of nitrogens with one attached hydrogen (secondary N) is 3. The van der Waals surface area contributed by atoms with Crippen molar-refractivity contribution in [1.29, 1.82) is 0 Å². The van der Waals surface area contributed by atoms with Crippen molar-refractivity contribution in [3.63, 3.8) is 0 Å². The highest BCUT2D eigenvalue weighted by Crippen LogP contribution is 2.23. The number of piperidine rings is 1. The van der Waals surface area contributed by atoms with Crippen molar-refractivity contribution in [2.75, 3.05) is 39.0 Å². The molecule has 0 bridgehead atoms. The van der Waals surface area contributed by atoms with Crippen LogP contribution in [0.1, 0.15) is 57.2 Å². The third-order valence-corrected chi connectivity index (χ3v) is 8.43. The van der Waals surface area contributed by atoms with Gasteiger partial charge >= 0.3 is 0 Å². The van der Waals surface area contributed by atoms with E-state index in [0.717, 1.165) is 49.0 Å². The first kappa shape index (κ1) is 29.7. The van der Waals surface area contributed by atoms with Gasteiger partial charge < -0.3 is 31.3 Å². The number of benzene rings is 2. The second kappa shape index (κ2) is 13.5. The molecule has 0 aliphatic carbocycles. The summed E-state index contributed by atoms with van der Waals surface area (Å²) in [6.45, 7) is 8.00. The zero-order valence-electron chi connectivity index (χ0n) is 24.8. The van der Waals surface area contributed by atoms with E-state index in [4.69, 9.17) is 10.5 Å². The molecule has 3 heterocycles. The first-order chi connectivity index (χ1) is 20.3. The predicted octanol–water partition coefficient (Wildman–Crippen LogP) is 3.31. The van der Waals surface area contributed by atoms with Crippen LogP contribution in [-0.4, -0.2) is 73.1 Å². The summed E-state index contributed by atoms with van der Waals surface area (Å²) in [6.07, 6.45) is 4.38. The molecule has 2 fully saturated rings. The summed E-state index contributed by atoms with van der Waals surface area (Å²) >= 11 is 0. The summed E-state index contributed by atoms with van der Waals surface area (Å²) < 4.78 is 6.23. The van der Waals surface area contributed by atoms with Crippen molar-refractivity contribution in [2.24, 2.45) is 0 Å². The highest BCUT2D eigenvalue weighted by atomic mass is 16.5. The summed E-state index contributed by atoms with van der Waals surface area (Å²) in [7, 11) is 2.10. The molecule has 2 atom stereocenters. The van der Waals surface area contributed by atoms with Gasteiger partial charge in [0.05, 0.1) is 24.3 Å². The molecule has 5 N–H and O–H groups in total. The van der Waals surface area contributed by atoms with Crippen molar-refractivity contribution in [2.45, 2.75) is 57.9 Å². The van der Waals surface area contributed by atoms with Crippen LogP contribution in [0.4, 0.5) is 5.82 Å². The van der Waals surface area contributed by atoms with Crippen LogP contribution in [0.15, 0.2) is 54.7 Å². The molecule has 42 heavy (non-hydrogen) atoms. The molecule has 9 heteroatoms. The minimum Gasteiger partial charge on any atom is -0.383 e. The number of likely N-dealkylation sites (tertiary alicyclic amines) is 1. The molecule has 0 spiro atoms. The lowest BCUT2D eigenvalue weighted by molar-refractivity contribution is 0.0357. The fraction of sp³-hybridized carbons (Fsp3) is 0.424. The lowest BCUT2D eigenvalue weighted by atomic mass is 10.0. The van der Waals surface area contributed by atoms with Gasteiger partial charge in [0.2, 0.25) is 0 Å². The Labute approximate surface area is 248 Å². The lowest BCUT2D eigenvalue weighted by Crippen LogP contribution is -2.44. The number of aromatic nitrogens is 1. The summed E-state index contributed by atoms with van der Waals surface area (Å²) in [5, 5.41) is 9.56. The molecule has 5 rings (SSSR count). The number of hydrogen-bond acceptors (Lipinski definition) is 7. The first-order valence-corrected chi connectivity index (χ1v) is 14.9. The average molecular weight is 571 g/mol. The van der Waals surface area contributed by atoms with Gasteiger partial charge in [-0.25, -0.2) is 4.98 Å². The Morgan fingerprint density at radius 2 is 1.79 bits per heavy atom. The number of anilines is 1. The number of ether oxygens (including phenoxy) is 1. The SMILES string of the molecule is CCc1cc(CO[C@H]2CNC[C@@H]2NC(=O)c2cc(-c3ccc(C(=O)NC4CCN(C)CC4)cc3)cnc2N)ccc1C. The van der Waals surface area contributed by atoms with E-state index >= 15 is 0 Å². The van der Waals surface area contributed by atoms with Crippen molar-refractivity contribution < 1.29 is 14.3 Å². The molecule has 2 saturated heterocycles. The number of amides is 2. The van der Waals surface area contributed by atoms with Crippen LogP contribution in [0.3, 0.4) is 0 Å². The van der Waals surface area contributed by atoms with E-state index in [9.17, 15) is 9.59 Å². The number of aryl methyl sites for hydroxylation is 2. The lowest BCUT2D eigenvalue weighted by Gasteiger charge is -2.29. The monoisotopic (exact) mass is 570 g/mol. The zero-order chi connectivity index (χ0) is 29.6. The molecule has 0 saturated carbocycles. The minimum absolute atomic E-state index is 0.0678. The Morgan fingerprint density at radius 3 is 2.52 bits per heavy atom. The van der Waals surface area contributed by atoms with Crippen LogP contribution in [0, 0.1) is 6.92 Å². The number of hydrogen-bond donors (Lipinski definition) is 4. The third kappa shape index (κ3) is 7.15. The molecule has 3 aromatic rings. The number of rotatable bonds is 9. The fourth-order valence-electron chi connectivity index (χ4n) is 5.67. The van der Waals surface area contributed by atoms with Crippen molar-refractivity contribution in [3.05, 3.63) is 82.5 Å². The Morgan fingerprint density at radius 1 is 1.02 bits per heavy atom. The van der Waals surface area contributed by atoms with Crippen LogP contribution in [0.25, 0.3) is 11.1 Å². The Balaban J connectivity index is 1.20. The highest BCUT2D eigenvalue weighted by Gasteiger charge is 2.30. The smallest absolute Gasteiger partial charge is 0.255 e. The molecule has 9 nitrogen and oxygen atoms in total. The predicted molar refractivity (Wildman–Crippen MR) is 165 cm³/mol. The molecule has 2 amide bonds. The number of carbonyl (C=O) groups excluding carboxylic acids is 2. The molecular formula is C33H42N6O3. The maximum absolute atomic E-state index is 13.3. The first-order valence-electron chi connectivity index (χ1n) is 14.9. The van der Waals surface area contributed by atoms with E-state index in [1.54, 1.807) is 24.4 Å². The Bertz CT molecular complexity index is 1400. The van der Waals surface area contributed by atoms with Crippen LogP contribution >= 0.6 is 0 Å². The van der Waals surface area contributed by atoms with Gasteiger partial charge in [0, 0.05) is 36.5 Å². The van der Waals surface area contributed by atoms with Gasteiger partial charge in [0.1, 0.15) is 5.82 Å². The van der Waals surface area contributed by atoms with Crippen LogP contribution in [0.2, 0.25) is 0 Å². The van der Waals surface area contributed by atoms with Gasteiger partial charge in [0.25, 0.3) is 11.8 Å². The molecule has 0 radical (unpaired) electrons. The van der Waals surface area contributed by atoms with E-state index in [1.807, 2.05) is 12.1 Å². The highest BCUT2D eigenvalue weighted by molar-refractivity contribution is 6.00. The molecule has 2 aliphatic rings. The zero-order valence-corrected chi connectivity index (χ0v) is 24.8. The molecule has 2 aromatic carbocycles. The van der Waals surface area contributed by atoms with E-state index in [0.29, 0.717) is 30.8 Å². The second-order valence-corrected chi connectivity index (χ2v) is 11.5. The van der Waals surface area contributed by atoms with Crippen molar-refractivity contribution in [3.8, 4) is 11.1 Å². The summed E-state index contributed by atoms with van der Waals surface area (Å²) in [5.74, 6) is -0.191. The standard InChI is InChI=1S/C33H42N6O3/c1-4-23-15-22(6-5-21(23)2)20-42-30-19-35-18-29(30)38-33(41)28-16-26(17-36-31(28)34)24-7-9-25(10-8-24)32(40)37-27-11-13-39(3)14-12-27/h5-10,15-17,27,29-30,35H,4,11-14,18-20H2,1-3H3,(H2,34,36)(H,37,40)(H,38,41)/t29-,30-/m0/s1. The summed E-state index contributed by atoms with van der Waals surface area (Å²) in [4.78, 5) is 32.7. The van der Waals surface area contributed by atoms with Gasteiger partial charge in [0.15, 0.2) is 0 Å². The van der Waals surface area contributed by atoms with E-state index in [-0.39, 0.29) is 35.8 Å². The van der Waals surface area contributed by atoms with Crippen LogP contribution < -0.4 is 21.7 Å². The number of nitrogens with two attached hydrogens (primary N) is 1. The largest absolute Gasteiger partial charge is 0.383 e. The summed E-state index contributed by atoms with van der Waals surface area (Å²) in [5.41, 5.74) is 12.4. The van der Waals surface area contributed by atoms with Crippen molar-refractivity contribution >= 4 is 17.6 Å². The third-order valence-electron chi connectivity index (χ3n) is 8.43. The molecule has 2 aliphatic heterocycles. The van der Waals surface area contributed by atoms with Gasteiger partial charge in [-0.05, 0) is 86.8 Å². The number of nitrogens with zero attached hydrogens (tertiary/aromatic N) is 2. The van der Waals surface area contributed by atoms with E-state index in [1.165, 1.54) is 11.1 Å². The van der Waals surface area contributed by atoms with E-state index in [2.05, 4.69) is 64.9 Å². The van der Waals surface area contributed by atoms with Crippen molar-refractivity contribution in [1.82, 2.24) is 25.8 Å². The fourth-order valence-corrected chi connectivity index (χ4v) is 5.67. The molecular weight excluding hydrogens is 528 g/mol. The topological polar surface area (TPSA) is 122 Å². The Kier molecular flexibility index (Phi) is 9.51. The maximum Gasteiger partial charge on any atom is 0.255 e. The number of pyridine rings is 1. The van der Waals surface area contributed by atoms with Gasteiger partial charge in [-0.2, -0.15) is 0 Å². The van der Waals surface area contributed by atoms with Gasteiger partial charge in [-0.3, -0.25) is 9.59 Å². The maximum atomic E-state index is 13.3. The number of nitrogen functional groups attached to an aromatic ring is 1. The van der Waals surface area contributed by atoms with Gasteiger partial charge in [-0.1, -0.05) is 37.3 Å². The second-order valence-electron chi connectivity index (χ2n) is 11.5. The average Bonchev–Trinajstić information content (AvgIpc) is 3.44. The molecule has 222 valence electrons.